The fourth-order valence-electron chi connectivity index (χ4n) is 2.95. The van der Waals surface area contributed by atoms with E-state index >= 15 is 0 Å². The molecule has 0 spiro atoms. The Bertz CT molecular complexity index is 324. The maximum atomic E-state index is 11.6. The predicted octanol–water partition coefficient (Wildman–Crippen LogP) is 0.600. The van der Waals surface area contributed by atoms with Crippen LogP contribution in [-0.2, 0) is 14.3 Å². The molecule has 4 heteroatoms. The molecule has 4 nitrogen and oxygen atoms in total. The molecule has 1 unspecified atom stereocenters. The van der Waals surface area contributed by atoms with Gasteiger partial charge in [-0.3, -0.25) is 9.59 Å². The molecule has 0 saturated carbocycles. The summed E-state index contributed by atoms with van der Waals surface area (Å²) in [6, 6.07) is -0.281. The molecule has 0 aromatic carbocycles. The van der Waals surface area contributed by atoms with Crippen molar-refractivity contribution in [2.45, 2.75) is 45.4 Å². The number of rotatable bonds is 1. The molecule has 0 radical (unpaired) electrons. The minimum atomic E-state index is -0.281. The van der Waals surface area contributed by atoms with Crippen molar-refractivity contribution in [1.29, 1.82) is 0 Å². The van der Waals surface area contributed by atoms with Crippen molar-refractivity contribution in [3.63, 3.8) is 0 Å². The number of Topliss-reactive ketones (excluding diaryl/α,β-unsaturated/α-hetero) is 1. The van der Waals surface area contributed by atoms with Gasteiger partial charge in [0.05, 0.1) is 17.7 Å². The zero-order valence-corrected chi connectivity index (χ0v) is 9.61. The third kappa shape index (κ3) is 1.39. The lowest BCUT2D eigenvalue weighted by Gasteiger charge is -2.48. The van der Waals surface area contributed by atoms with Gasteiger partial charge < -0.3 is 9.64 Å². The minimum Gasteiger partial charge on any atom is -0.370 e. The molecular formula is C11H17NO3. The lowest BCUT2D eigenvalue weighted by Crippen LogP contribution is -2.59. The summed E-state index contributed by atoms with van der Waals surface area (Å²) in [5.74, 6) is 0.192. The monoisotopic (exact) mass is 211 g/mol. The van der Waals surface area contributed by atoms with E-state index in [1.807, 2.05) is 13.8 Å². The highest BCUT2D eigenvalue weighted by molar-refractivity contribution is 5.88. The van der Waals surface area contributed by atoms with E-state index in [1.165, 1.54) is 6.92 Å². The number of carbonyl (C=O) groups excluding carboxylic acids is 2. The van der Waals surface area contributed by atoms with E-state index in [2.05, 4.69) is 0 Å². The summed E-state index contributed by atoms with van der Waals surface area (Å²) in [5.41, 5.74) is -0.273. The summed E-state index contributed by atoms with van der Waals surface area (Å²) < 4.78 is 5.67. The second-order valence-electron chi connectivity index (χ2n) is 5.01. The van der Waals surface area contributed by atoms with Gasteiger partial charge >= 0.3 is 0 Å². The molecule has 0 bridgehead atoms. The van der Waals surface area contributed by atoms with Gasteiger partial charge in [-0.2, -0.15) is 0 Å². The standard InChI is InChI=1S/C11H17NO3/c1-6(13)10-9-8(15-11(9,3)4)5-12(10)7(2)14/h8-10H,5H2,1-4H3/t8-,9-,10?/m0/s1. The van der Waals surface area contributed by atoms with E-state index in [4.69, 9.17) is 4.74 Å². The first-order chi connectivity index (χ1) is 6.84. The van der Waals surface area contributed by atoms with Gasteiger partial charge in [0.15, 0.2) is 5.78 Å². The molecular weight excluding hydrogens is 194 g/mol. The molecule has 2 rings (SSSR count). The van der Waals surface area contributed by atoms with Crippen LogP contribution in [0.4, 0.5) is 0 Å². The highest BCUT2D eigenvalue weighted by Gasteiger charge is 2.60. The molecule has 2 fully saturated rings. The summed E-state index contributed by atoms with van der Waals surface area (Å²) >= 11 is 0. The van der Waals surface area contributed by atoms with E-state index in [-0.39, 0.29) is 35.4 Å². The van der Waals surface area contributed by atoms with Crippen molar-refractivity contribution in [2.75, 3.05) is 6.54 Å². The quantitative estimate of drug-likeness (QED) is 0.638. The lowest BCUT2D eigenvalue weighted by molar-refractivity contribution is -0.225. The van der Waals surface area contributed by atoms with E-state index in [0.717, 1.165) is 0 Å². The summed E-state index contributed by atoms with van der Waals surface area (Å²) in [6.45, 7) is 7.58. The van der Waals surface area contributed by atoms with Crippen LogP contribution in [0.25, 0.3) is 0 Å². The van der Waals surface area contributed by atoms with E-state index in [1.54, 1.807) is 11.8 Å². The first-order valence-electron chi connectivity index (χ1n) is 5.30. The minimum absolute atomic E-state index is 0.0380. The van der Waals surface area contributed by atoms with Crippen LogP contribution in [0.5, 0.6) is 0 Å². The fraction of sp³-hybridized carbons (Fsp3) is 0.818. The third-order valence-electron chi connectivity index (χ3n) is 3.53. The molecule has 2 saturated heterocycles. The Labute approximate surface area is 89.6 Å². The highest BCUT2D eigenvalue weighted by Crippen LogP contribution is 2.47. The van der Waals surface area contributed by atoms with Crippen LogP contribution in [0.15, 0.2) is 0 Å². The predicted molar refractivity (Wildman–Crippen MR) is 54.3 cm³/mol. The molecule has 0 aliphatic carbocycles. The Morgan fingerprint density at radius 2 is 1.93 bits per heavy atom. The van der Waals surface area contributed by atoms with Crippen molar-refractivity contribution >= 4 is 11.7 Å². The summed E-state index contributed by atoms with van der Waals surface area (Å²) in [4.78, 5) is 24.6. The van der Waals surface area contributed by atoms with E-state index in [0.29, 0.717) is 6.54 Å². The molecule has 0 N–H and O–H groups in total. The SMILES string of the molecule is CC(=O)C1[C@@H]2[C@H](CN1C(C)=O)OC2(C)C. The lowest BCUT2D eigenvalue weighted by atomic mass is 9.76. The topological polar surface area (TPSA) is 46.6 Å². The molecule has 84 valence electrons. The van der Waals surface area contributed by atoms with Gasteiger partial charge in [0.25, 0.3) is 0 Å². The van der Waals surface area contributed by atoms with Gasteiger partial charge in [-0.15, -0.1) is 0 Å². The van der Waals surface area contributed by atoms with Crippen LogP contribution < -0.4 is 0 Å². The Morgan fingerprint density at radius 1 is 1.33 bits per heavy atom. The summed E-state index contributed by atoms with van der Waals surface area (Å²) in [6.07, 6.45) is 0.0535. The first-order valence-corrected chi connectivity index (χ1v) is 5.30. The first kappa shape index (κ1) is 10.6. The number of likely N-dealkylation sites (tertiary alicyclic amines) is 1. The van der Waals surface area contributed by atoms with Crippen LogP contribution in [0.1, 0.15) is 27.7 Å². The molecule has 0 aromatic rings. The number of amides is 1. The summed E-state index contributed by atoms with van der Waals surface area (Å²) in [7, 11) is 0. The number of carbonyl (C=O) groups is 2. The van der Waals surface area contributed by atoms with Gasteiger partial charge in [0, 0.05) is 19.4 Å². The number of hydrogen-bond donors (Lipinski definition) is 0. The summed E-state index contributed by atoms with van der Waals surface area (Å²) in [5, 5.41) is 0. The molecule has 2 heterocycles. The van der Waals surface area contributed by atoms with Gasteiger partial charge in [-0.1, -0.05) is 0 Å². The average molecular weight is 211 g/mol. The van der Waals surface area contributed by atoms with Crippen LogP contribution in [0.2, 0.25) is 0 Å². The molecule has 15 heavy (non-hydrogen) atoms. The highest BCUT2D eigenvalue weighted by atomic mass is 16.5. The second-order valence-corrected chi connectivity index (χ2v) is 5.01. The van der Waals surface area contributed by atoms with Crippen molar-refractivity contribution in [1.82, 2.24) is 4.90 Å². The third-order valence-corrected chi connectivity index (χ3v) is 3.53. The fourth-order valence-corrected chi connectivity index (χ4v) is 2.95. The number of ketones is 1. The van der Waals surface area contributed by atoms with Crippen LogP contribution >= 0.6 is 0 Å². The zero-order valence-electron chi connectivity index (χ0n) is 9.61. The van der Waals surface area contributed by atoms with Gasteiger partial charge in [0.1, 0.15) is 0 Å². The van der Waals surface area contributed by atoms with Gasteiger partial charge in [-0.05, 0) is 20.8 Å². The Kier molecular flexibility index (Phi) is 2.15. The number of nitrogens with zero attached hydrogens (tertiary/aromatic N) is 1. The second kappa shape index (κ2) is 3.04. The molecule has 0 aromatic heterocycles. The number of hydrogen-bond acceptors (Lipinski definition) is 3. The van der Waals surface area contributed by atoms with Crippen LogP contribution in [-0.4, -0.2) is 40.9 Å². The molecule has 3 atom stereocenters. The molecule has 1 amide bonds. The van der Waals surface area contributed by atoms with E-state index in [9.17, 15) is 9.59 Å². The maximum Gasteiger partial charge on any atom is 0.220 e. The molecule has 2 aliphatic heterocycles. The number of ether oxygens (including phenoxy) is 1. The van der Waals surface area contributed by atoms with Crippen molar-refractivity contribution in [2.24, 2.45) is 5.92 Å². The van der Waals surface area contributed by atoms with Crippen LogP contribution in [0, 0.1) is 5.92 Å². The molecule has 2 aliphatic rings. The maximum absolute atomic E-state index is 11.6. The van der Waals surface area contributed by atoms with E-state index < -0.39 is 0 Å². The Balaban J connectivity index is 2.27. The van der Waals surface area contributed by atoms with Gasteiger partial charge in [-0.25, -0.2) is 0 Å². The van der Waals surface area contributed by atoms with Crippen molar-refractivity contribution in [3.05, 3.63) is 0 Å². The van der Waals surface area contributed by atoms with Crippen molar-refractivity contribution in [3.8, 4) is 0 Å². The largest absolute Gasteiger partial charge is 0.370 e. The normalized spacial score (nSPS) is 37.1. The Hall–Kier alpha value is -0.900. The van der Waals surface area contributed by atoms with Crippen molar-refractivity contribution < 1.29 is 14.3 Å². The number of fused-ring (bicyclic) bond motifs is 1. The van der Waals surface area contributed by atoms with Gasteiger partial charge in [0.2, 0.25) is 5.91 Å². The van der Waals surface area contributed by atoms with Crippen LogP contribution in [0.3, 0.4) is 0 Å². The zero-order chi connectivity index (χ0) is 11.4. The Morgan fingerprint density at radius 3 is 2.33 bits per heavy atom. The smallest absolute Gasteiger partial charge is 0.220 e. The average Bonchev–Trinajstić information content (AvgIpc) is 2.39.